The normalized spacial score (nSPS) is 12.2. The van der Waals surface area contributed by atoms with Gasteiger partial charge in [0.05, 0.1) is 24.4 Å². The van der Waals surface area contributed by atoms with Gasteiger partial charge in [0.1, 0.15) is 0 Å². The van der Waals surface area contributed by atoms with Gasteiger partial charge in [-0.25, -0.2) is 4.98 Å². The third-order valence-electron chi connectivity index (χ3n) is 3.85. The molecule has 0 spiro atoms. The van der Waals surface area contributed by atoms with E-state index in [1.165, 1.54) is 10.4 Å². The predicted molar refractivity (Wildman–Crippen MR) is 95.9 cm³/mol. The van der Waals surface area contributed by atoms with E-state index in [0.29, 0.717) is 13.2 Å². The molecule has 23 heavy (non-hydrogen) atoms. The van der Waals surface area contributed by atoms with Gasteiger partial charge in [0, 0.05) is 17.3 Å². The molecule has 0 fully saturated rings. The Balaban J connectivity index is 2.19. The van der Waals surface area contributed by atoms with Gasteiger partial charge in [0.15, 0.2) is 11.5 Å². The van der Waals surface area contributed by atoms with Gasteiger partial charge in [0.25, 0.3) is 0 Å². The summed E-state index contributed by atoms with van der Waals surface area (Å²) in [6.45, 7) is 7.52. The molecule has 0 saturated heterocycles. The maximum atomic E-state index is 6.00. The van der Waals surface area contributed by atoms with Crippen molar-refractivity contribution in [1.29, 1.82) is 0 Å². The highest BCUT2D eigenvalue weighted by Crippen LogP contribution is 2.32. The largest absolute Gasteiger partial charge is 0.493 e. The first-order valence-electron chi connectivity index (χ1n) is 8.02. The first-order valence-corrected chi connectivity index (χ1v) is 8.84. The van der Waals surface area contributed by atoms with Crippen molar-refractivity contribution in [2.75, 3.05) is 20.3 Å². The number of thiazole rings is 1. The minimum Gasteiger partial charge on any atom is -0.493 e. The molecule has 1 heterocycles. The van der Waals surface area contributed by atoms with E-state index in [9.17, 15) is 0 Å². The Hall–Kier alpha value is -1.59. The van der Waals surface area contributed by atoms with E-state index in [0.717, 1.165) is 35.0 Å². The number of rotatable bonds is 8. The lowest BCUT2D eigenvalue weighted by atomic mass is 9.99. The summed E-state index contributed by atoms with van der Waals surface area (Å²) in [7, 11) is 1.66. The summed E-state index contributed by atoms with van der Waals surface area (Å²) < 4.78 is 11.2. The summed E-state index contributed by atoms with van der Waals surface area (Å²) in [5, 5.41) is 1.12. The number of ether oxygens (including phenoxy) is 2. The van der Waals surface area contributed by atoms with E-state index in [4.69, 9.17) is 15.2 Å². The molecule has 1 atom stereocenters. The highest BCUT2D eigenvalue weighted by atomic mass is 32.1. The molecule has 126 valence electrons. The van der Waals surface area contributed by atoms with E-state index in [1.807, 2.05) is 13.0 Å². The first kappa shape index (κ1) is 17.8. The Bertz CT molecular complexity index is 620. The number of nitrogens with two attached hydrogens (primary N) is 1. The second kappa shape index (κ2) is 8.31. The average Bonchev–Trinajstić information content (AvgIpc) is 2.89. The Labute approximate surface area is 142 Å². The minimum absolute atomic E-state index is 0.236. The van der Waals surface area contributed by atoms with Crippen LogP contribution in [-0.4, -0.2) is 25.2 Å². The van der Waals surface area contributed by atoms with Crippen molar-refractivity contribution >= 4 is 11.3 Å². The lowest BCUT2D eigenvalue weighted by molar-refractivity contribution is 0.294. The summed E-state index contributed by atoms with van der Waals surface area (Å²) >= 11 is 1.74. The molecule has 0 radical (unpaired) electrons. The molecule has 0 saturated carbocycles. The molecule has 1 aromatic carbocycles. The zero-order chi connectivity index (χ0) is 16.8. The molecule has 5 heteroatoms. The van der Waals surface area contributed by atoms with Crippen molar-refractivity contribution in [3.8, 4) is 11.5 Å². The Morgan fingerprint density at radius 2 is 2.04 bits per heavy atom. The second-order valence-electron chi connectivity index (χ2n) is 5.66. The van der Waals surface area contributed by atoms with Crippen LogP contribution < -0.4 is 15.2 Å². The van der Waals surface area contributed by atoms with Crippen LogP contribution in [0.1, 0.15) is 40.4 Å². The minimum atomic E-state index is 0.236. The summed E-state index contributed by atoms with van der Waals surface area (Å²) in [6.07, 6.45) is 1.83. The van der Waals surface area contributed by atoms with Crippen LogP contribution in [0.5, 0.6) is 11.5 Å². The quantitative estimate of drug-likeness (QED) is 0.797. The van der Waals surface area contributed by atoms with Gasteiger partial charge >= 0.3 is 0 Å². The van der Waals surface area contributed by atoms with Crippen LogP contribution in [0, 0.1) is 13.8 Å². The molecular weight excluding hydrogens is 308 g/mol. The van der Waals surface area contributed by atoms with Crippen molar-refractivity contribution in [1.82, 2.24) is 4.98 Å². The topological polar surface area (TPSA) is 57.4 Å². The lowest BCUT2D eigenvalue weighted by Crippen LogP contribution is -2.15. The van der Waals surface area contributed by atoms with Crippen LogP contribution in [0.15, 0.2) is 18.2 Å². The van der Waals surface area contributed by atoms with Crippen LogP contribution in [-0.2, 0) is 6.42 Å². The molecule has 2 N–H and O–H groups in total. The number of benzene rings is 1. The summed E-state index contributed by atoms with van der Waals surface area (Å²) in [6, 6.07) is 6.10. The van der Waals surface area contributed by atoms with Crippen LogP contribution in [0.3, 0.4) is 0 Å². The third-order valence-corrected chi connectivity index (χ3v) is 5.09. The van der Waals surface area contributed by atoms with Crippen LogP contribution >= 0.6 is 11.3 Å². The average molecular weight is 334 g/mol. The fraction of sp³-hybridized carbons (Fsp3) is 0.500. The molecule has 1 unspecified atom stereocenters. The summed E-state index contributed by atoms with van der Waals surface area (Å²) in [4.78, 5) is 5.93. The van der Waals surface area contributed by atoms with E-state index in [2.05, 4.69) is 31.0 Å². The van der Waals surface area contributed by atoms with Gasteiger partial charge in [-0.15, -0.1) is 11.3 Å². The smallest absolute Gasteiger partial charge is 0.161 e. The Morgan fingerprint density at radius 1 is 1.26 bits per heavy atom. The predicted octanol–water partition coefficient (Wildman–Crippen LogP) is 3.84. The SMILES string of the molecule is CCCOc1cc(CC(CN)c2nc(C)c(C)s2)ccc1OC. The van der Waals surface area contributed by atoms with Gasteiger partial charge in [-0.1, -0.05) is 13.0 Å². The maximum Gasteiger partial charge on any atom is 0.161 e. The highest BCUT2D eigenvalue weighted by Gasteiger charge is 2.17. The molecule has 0 aliphatic rings. The fourth-order valence-corrected chi connectivity index (χ4v) is 3.44. The molecule has 4 nitrogen and oxygen atoms in total. The molecule has 0 bridgehead atoms. The molecule has 0 amide bonds. The molecular formula is C18H26N2O2S. The highest BCUT2D eigenvalue weighted by molar-refractivity contribution is 7.11. The van der Waals surface area contributed by atoms with Crippen LogP contribution in [0.25, 0.3) is 0 Å². The number of methoxy groups -OCH3 is 1. The molecule has 1 aromatic heterocycles. The zero-order valence-corrected chi connectivity index (χ0v) is 15.2. The van der Waals surface area contributed by atoms with Gasteiger partial charge in [-0.2, -0.15) is 0 Å². The molecule has 2 rings (SSSR count). The van der Waals surface area contributed by atoms with Crippen molar-refractivity contribution in [2.45, 2.75) is 39.5 Å². The maximum absolute atomic E-state index is 6.00. The number of nitrogens with zero attached hydrogens (tertiary/aromatic N) is 1. The van der Waals surface area contributed by atoms with Gasteiger partial charge in [0.2, 0.25) is 0 Å². The first-order chi connectivity index (χ1) is 11.1. The lowest BCUT2D eigenvalue weighted by Gasteiger charge is -2.15. The van der Waals surface area contributed by atoms with Gasteiger partial charge < -0.3 is 15.2 Å². The second-order valence-corrected chi connectivity index (χ2v) is 6.90. The summed E-state index contributed by atoms with van der Waals surface area (Å²) in [5.74, 6) is 1.81. The number of aryl methyl sites for hydroxylation is 2. The fourth-order valence-electron chi connectivity index (χ4n) is 2.40. The summed E-state index contributed by atoms with van der Waals surface area (Å²) in [5.41, 5.74) is 8.29. The Morgan fingerprint density at radius 3 is 2.61 bits per heavy atom. The van der Waals surface area contributed by atoms with E-state index in [1.54, 1.807) is 18.4 Å². The number of aromatic nitrogens is 1. The van der Waals surface area contributed by atoms with Gasteiger partial charge in [-0.3, -0.25) is 0 Å². The van der Waals surface area contributed by atoms with Crippen molar-refractivity contribution in [3.63, 3.8) is 0 Å². The van der Waals surface area contributed by atoms with Crippen LogP contribution in [0.2, 0.25) is 0 Å². The molecule has 0 aliphatic carbocycles. The zero-order valence-electron chi connectivity index (χ0n) is 14.4. The Kier molecular flexibility index (Phi) is 6.42. The van der Waals surface area contributed by atoms with Crippen molar-refractivity contribution in [2.24, 2.45) is 5.73 Å². The van der Waals surface area contributed by atoms with Crippen LogP contribution in [0.4, 0.5) is 0 Å². The molecule has 0 aliphatic heterocycles. The van der Waals surface area contributed by atoms with E-state index < -0.39 is 0 Å². The van der Waals surface area contributed by atoms with Crippen molar-refractivity contribution in [3.05, 3.63) is 39.3 Å². The van der Waals surface area contributed by atoms with E-state index >= 15 is 0 Å². The monoisotopic (exact) mass is 334 g/mol. The van der Waals surface area contributed by atoms with E-state index in [-0.39, 0.29) is 5.92 Å². The van der Waals surface area contributed by atoms with Gasteiger partial charge in [-0.05, 0) is 44.4 Å². The number of hydrogen-bond acceptors (Lipinski definition) is 5. The third kappa shape index (κ3) is 4.45. The number of hydrogen-bond donors (Lipinski definition) is 1. The standard InChI is InChI=1S/C18H26N2O2S/c1-5-8-22-17-10-14(6-7-16(17)21-4)9-15(11-19)18-20-12(2)13(3)23-18/h6-7,10,15H,5,8-9,11,19H2,1-4H3. The molecule has 2 aromatic rings. The van der Waals surface area contributed by atoms with Crippen molar-refractivity contribution < 1.29 is 9.47 Å².